The summed E-state index contributed by atoms with van der Waals surface area (Å²) in [6.45, 7) is 4.07. The number of aliphatic hydroxyl groups is 1. The summed E-state index contributed by atoms with van der Waals surface area (Å²) in [6.07, 6.45) is 1.40. The fourth-order valence-electron chi connectivity index (χ4n) is 1.63. The molecule has 0 aliphatic heterocycles. The summed E-state index contributed by atoms with van der Waals surface area (Å²) in [4.78, 5) is 5.03. The monoisotopic (exact) mass is 271 g/mol. The van der Waals surface area contributed by atoms with Crippen molar-refractivity contribution >= 4 is 22.9 Å². The first-order valence-electron chi connectivity index (χ1n) is 5.38. The minimum absolute atomic E-state index is 0.242. The molecule has 0 amide bonds. The van der Waals surface area contributed by atoms with Gasteiger partial charge in [0.05, 0.1) is 11.1 Å². The van der Waals surface area contributed by atoms with E-state index in [-0.39, 0.29) is 6.04 Å². The normalized spacial score (nSPS) is 13.2. The van der Waals surface area contributed by atoms with Crippen molar-refractivity contribution in [1.29, 1.82) is 0 Å². The third-order valence-corrected chi connectivity index (χ3v) is 3.81. The molecule has 2 aromatic heterocycles. The first-order valence-corrected chi connectivity index (χ1v) is 6.64. The van der Waals surface area contributed by atoms with E-state index in [0.29, 0.717) is 11.4 Å². The molecular formula is C11H14ClN3OS. The minimum atomic E-state index is -0.575. The van der Waals surface area contributed by atoms with Crippen molar-refractivity contribution in [3.8, 4) is 0 Å². The molecule has 0 aliphatic carbocycles. The maximum absolute atomic E-state index is 10.1. The van der Waals surface area contributed by atoms with Gasteiger partial charge in [-0.05, 0) is 19.9 Å². The highest BCUT2D eigenvalue weighted by Crippen LogP contribution is 2.27. The van der Waals surface area contributed by atoms with Crippen molar-refractivity contribution in [3.63, 3.8) is 0 Å². The molecule has 0 radical (unpaired) electrons. The Labute approximate surface area is 109 Å². The van der Waals surface area contributed by atoms with E-state index in [9.17, 15) is 5.11 Å². The predicted molar refractivity (Wildman–Crippen MR) is 68.4 cm³/mol. The molecule has 1 atom stereocenters. The van der Waals surface area contributed by atoms with Crippen molar-refractivity contribution in [2.45, 2.75) is 32.4 Å². The van der Waals surface area contributed by atoms with Gasteiger partial charge in [0.25, 0.3) is 0 Å². The topological polar surface area (TPSA) is 50.9 Å². The Balaban J connectivity index is 2.13. The van der Waals surface area contributed by atoms with E-state index in [1.807, 2.05) is 23.9 Å². The summed E-state index contributed by atoms with van der Waals surface area (Å²) in [6, 6.07) is 2.03. The van der Waals surface area contributed by atoms with Crippen molar-refractivity contribution in [3.05, 3.63) is 33.5 Å². The zero-order valence-corrected chi connectivity index (χ0v) is 11.2. The van der Waals surface area contributed by atoms with Gasteiger partial charge in [0, 0.05) is 22.7 Å². The van der Waals surface area contributed by atoms with Gasteiger partial charge >= 0.3 is 0 Å². The van der Waals surface area contributed by atoms with Crippen LogP contribution in [-0.2, 0) is 6.42 Å². The molecule has 2 aromatic rings. The summed E-state index contributed by atoms with van der Waals surface area (Å²) in [7, 11) is 0. The number of thiophene rings is 1. The van der Waals surface area contributed by atoms with E-state index in [0.717, 1.165) is 10.7 Å². The number of nitrogens with zero attached hydrogens (tertiary/aromatic N) is 3. The van der Waals surface area contributed by atoms with E-state index < -0.39 is 6.10 Å². The number of hydrogen-bond donors (Lipinski definition) is 1. The van der Waals surface area contributed by atoms with Crippen LogP contribution in [0.1, 0.15) is 36.7 Å². The van der Waals surface area contributed by atoms with Crippen LogP contribution in [0.3, 0.4) is 0 Å². The highest BCUT2D eigenvalue weighted by molar-refractivity contribution is 7.10. The van der Waals surface area contributed by atoms with Crippen LogP contribution in [0, 0.1) is 0 Å². The molecule has 1 N–H and O–H groups in total. The largest absolute Gasteiger partial charge is 0.387 e. The van der Waals surface area contributed by atoms with Crippen LogP contribution < -0.4 is 0 Å². The van der Waals surface area contributed by atoms with Crippen LogP contribution in [0.15, 0.2) is 17.8 Å². The Bertz CT molecular complexity index is 494. The number of aromatic nitrogens is 3. The van der Waals surface area contributed by atoms with Gasteiger partial charge in [-0.25, -0.2) is 9.67 Å². The standard InChI is InChI=1S/C11H14ClN3OS/c1-7(2)15-11(13-6-14-15)4-9(16)10-3-8(12)5-17-10/h3,5-7,9,16H,4H2,1-2H3. The smallest absolute Gasteiger partial charge is 0.138 e. The average Bonchev–Trinajstić information content (AvgIpc) is 2.86. The summed E-state index contributed by atoms with van der Waals surface area (Å²) in [5.74, 6) is 0.789. The van der Waals surface area contributed by atoms with E-state index in [4.69, 9.17) is 11.6 Å². The fourth-order valence-corrected chi connectivity index (χ4v) is 2.70. The van der Waals surface area contributed by atoms with Gasteiger partial charge in [0.2, 0.25) is 0 Å². The average molecular weight is 272 g/mol. The maximum Gasteiger partial charge on any atom is 0.138 e. The quantitative estimate of drug-likeness (QED) is 0.930. The molecule has 1 unspecified atom stereocenters. The molecule has 0 fully saturated rings. The highest BCUT2D eigenvalue weighted by atomic mass is 35.5. The van der Waals surface area contributed by atoms with E-state index in [2.05, 4.69) is 10.1 Å². The highest BCUT2D eigenvalue weighted by Gasteiger charge is 2.16. The lowest BCUT2D eigenvalue weighted by Crippen LogP contribution is -2.11. The Morgan fingerprint density at radius 3 is 2.88 bits per heavy atom. The second kappa shape index (κ2) is 5.16. The van der Waals surface area contributed by atoms with Gasteiger partial charge < -0.3 is 5.11 Å². The van der Waals surface area contributed by atoms with Crippen molar-refractivity contribution < 1.29 is 5.11 Å². The Morgan fingerprint density at radius 2 is 2.29 bits per heavy atom. The molecule has 0 bridgehead atoms. The summed E-state index contributed by atoms with van der Waals surface area (Å²) in [5, 5.41) is 16.7. The number of aliphatic hydroxyl groups excluding tert-OH is 1. The van der Waals surface area contributed by atoms with Crippen LogP contribution in [0.4, 0.5) is 0 Å². The zero-order valence-electron chi connectivity index (χ0n) is 9.67. The van der Waals surface area contributed by atoms with Gasteiger partial charge in [0.15, 0.2) is 0 Å². The fraction of sp³-hybridized carbons (Fsp3) is 0.455. The third-order valence-electron chi connectivity index (χ3n) is 2.43. The van der Waals surface area contributed by atoms with Crippen LogP contribution >= 0.6 is 22.9 Å². The Morgan fingerprint density at radius 1 is 1.53 bits per heavy atom. The van der Waals surface area contributed by atoms with E-state index in [1.165, 1.54) is 17.7 Å². The third kappa shape index (κ3) is 2.86. The van der Waals surface area contributed by atoms with Crippen LogP contribution in [0.2, 0.25) is 5.02 Å². The van der Waals surface area contributed by atoms with Crippen LogP contribution in [-0.4, -0.2) is 19.9 Å². The van der Waals surface area contributed by atoms with Gasteiger partial charge in [-0.3, -0.25) is 0 Å². The first-order chi connectivity index (χ1) is 8.08. The molecule has 0 saturated carbocycles. The molecule has 92 valence electrons. The van der Waals surface area contributed by atoms with Gasteiger partial charge in [-0.15, -0.1) is 11.3 Å². The van der Waals surface area contributed by atoms with Gasteiger partial charge in [-0.1, -0.05) is 11.6 Å². The second-order valence-electron chi connectivity index (χ2n) is 4.10. The van der Waals surface area contributed by atoms with E-state index in [1.54, 1.807) is 6.07 Å². The second-order valence-corrected chi connectivity index (χ2v) is 5.48. The lowest BCUT2D eigenvalue weighted by molar-refractivity contribution is 0.177. The lowest BCUT2D eigenvalue weighted by Gasteiger charge is -2.12. The molecular weight excluding hydrogens is 258 g/mol. The molecule has 4 nitrogen and oxygen atoms in total. The van der Waals surface area contributed by atoms with Gasteiger partial charge in [0.1, 0.15) is 12.2 Å². The van der Waals surface area contributed by atoms with Crippen LogP contribution in [0.25, 0.3) is 0 Å². The van der Waals surface area contributed by atoms with Crippen LogP contribution in [0.5, 0.6) is 0 Å². The molecule has 0 spiro atoms. The molecule has 0 aliphatic rings. The Hall–Kier alpha value is -0.910. The number of hydrogen-bond acceptors (Lipinski definition) is 4. The first kappa shape index (κ1) is 12.5. The van der Waals surface area contributed by atoms with Crippen molar-refractivity contribution in [2.24, 2.45) is 0 Å². The molecule has 2 heterocycles. The zero-order chi connectivity index (χ0) is 12.4. The molecule has 6 heteroatoms. The lowest BCUT2D eigenvalue weighted by atomic mass is 10.2. The maximum atomic E-state index is 10.1. The van der Waals surface area contributed by atoms with Crippen molar-refractivity contribution in [2.75, 3.05) is 0 Å². The summed E-state index contributed by atoms with van der Waals surface area (Å²) in [5.41, 5.74) is 0. The minimum Gasteiger partial charge on any atom is -0.387 e. The summed E-state index contributed by atoms with van der Waals surface area (Å²) < 4.78 is 1.82. The summed E-state index contributed by atoms with van der Waals surface area (Å²) >= 11 is 7.29. The van der Waals surface area contributed by atoms with Crippen molar-refractivity contribution in [1.82, 2.24) is 14.8 Å². The predicted octanol–water partition coefficient (Wildman–Crippen LogP) is 2.85. The molecule has 0 aromatic carbocycles. The van der Waals surface area contributed by atoms with E-state index >= 15 is 0 Å². The molecule has 0 saturated heterocycles. The number of rotatable bonds is 4. The number of halogens is 1. The molecule has 17 heavy (non-hydrogen) atoms. The Kier molecular flexibility index (Phi) is 3.81. The SMILES string of the molecule is CC(C)n1ncnc1CC(O)c1cc(Cl)cs1. The molecule has 2 rings (SSSR count). The van der Waals surface area contributed by atoms with Gasteiger partial charge in [-0.2, -0.15) is 5.10 Å².